The van der Waals surface area contributed by atoms with E-state index in [1.807, 2.05) is 33.8 Å². The third-order valence-corrected chi connectivity index (χ3v) is 4.28. The molecule has 2 rings (SSSR count). The molecule has 0 amide bonds. The molecule has 0 saturated heterocycles. The van der Waals surface area contributed by atoms with Crippen molar-refractivity contribution in [3.63, 3.8) is 0 Å². The first kappa shape index (κ1) is 14.1. The van der Waals surface area contributed by atoms with Gasteiger partial charge in [0.2, 0.25) is 0 Å². The molecule has 1 aromatic carbocycles. The zero-order valence-corrected chi connectivity index (χ0v) is 12.4. The summed E-state index contributed by atoms with van der Waals surface area (Å²) in [6, 6.07) is 3.15. The van der Waals surface area contributed by atoms with E-state index < -0.39 is 0 Å². The maximum Gasteiger partial charge on any atom is 0.128 e. The molecule has 0 radical (unpaired) electrons. The first-order valence-electron chi connectivity index (χ1n) is 6.10. The standard InChI is InChI=1S/C14H18FN3S/c1-7-5-8(2)12(11(15)6-7)13(18-16)14-9(3)17-10(4)19-14/h5-6,13,18H,16H2,1-4H3. The van der Waals surface area contributed by atoms with Crippen molar-refractivity contribution in [1.29, 1.82) is 0 Å². The summed E-state index contributed by atoms with van der Waals surface area (Å²) in [5.41, 5.74) is 6.01. The van der Waals surface area contributed by atoms with E-state index in [9.17, 15) is 4.39 Å². The number of hydrogen-bond acceptors (Lipinski definition) is 4. The predicted octanol–water partition coefficient (Wildman–Crippen LogP) is 3.07. The molecular weight excluding hydrogens is 261 g/mol. The monoisotopic (exact) mass is 279 g/mol. The Balaban J connectivity index is 2.57. The Morgan fingerprint density at radius 2 is 1.95 bits per heavy atom. The molecule has 19 heavy (non-hydrogen) atoms. The second-order valence-electron chi connectivity index (χ2n) is 4.76. The molecule has 1 unspecified atom stereocenters. The number of aryl methyl sites for hydroxylation is 4. The molecule has 0 aliphatic rings. The summed E-state index contributed by atoms with van der Waals surface area (Å²) in [5.74, 6) is 5.42. The fraction of sp³-hybridized carbons (Fsp3) is 0.357. The quantitative estimate of drug-likeness (QED) is 0.670. The summed E-state index contributed by atoms with van der Waals surface area (Å²) in [7, 11) is 0. The van der Waals surface area contributed by atoms with Crippen molar-refractivity contribution in [2.45, 2.75) is 33.7 Å². The fourth-order valence-corrected chi connectivity index (χ4v) is 3.40. The van der Waals surface area contributed by atoms with Crippen LogP contribution >= 0.6 is 11.3 Å². The molecule has 102 valence electrons. The molecule has 3 N–H and O–H groups in total. The van der Waals surface area contributed by atoms with Gasteiger partial charge in [-0.2, -0.15) is 0 Å². The summed E-state index contributed by atoms with van der Waals surface area (Å²) in [5, 5.41) is 0.956. The van der Waals surface area contributed by atoms with E-state index in [2.05, 4.69) is 10.4 Å². The molecule has 1 aromatic heterocycles. The average molecular weight is 279 g/mol. The van der Waals surface area contributed by atoms with Gasteiger partial charge in [-0.15, -0.1) is 11.3 Å². The van der Waals surface area contributed by atoms with Gasteiger partial charge < -0.3 is 0 Å². The third-order valence-electron chi connectivity index (χ3n) is 3.14. The minimum absolute atomic E-state index is 0.231. The van der Waals surface area contributed by atoms with Gasteiger partial charge in [-0.3, -0.25) is 5.84 Å². The average Bonchev–Trinajstić information content (AvgIpc) is 2.62. The Morgan fingerprint density at radius 1 is 1.26 bits per heavy atom. The van der Waals surface area contributed by atoms with Crippen LogP contribution in [-0.2, 0) is 0 Å². The lowest BCUT2D eigenvalue weighted by Crippen LogP contribution is -2.30. The lowest BCUT2D eigenvalue weighted by molar-refractivity contribution is 0.558. The zero-order chi connectivity index (χ0) is 14.2. The van der Waals surface area contributed by atoms with Crippen LogP contribution in [0, 0.1) is 33.5 Å². The van der Waals surface area contributed by atoms with E-state index in [1.165, 1.54) is 6.07 Å². The lowest BCUT2D eigenvalue weighted by atomic mass is 9.97. The number of halogens is 1. The van der Waals surface area contributed by atoms with Gasteiger partial charge in [0.15, 0.2) is 0 Å². The molecule has 0 bridgehead atoms. The second kappa shape index (κ2) is 5.36. The topological polar surface area (TPSA) is 50.9 Å². The van der Waals surface area contributed by atoms with Gasteiger partial charge in [-0.1, -0.05) is 6.07 Å². The van der Waals surface area contributed by atoms with Crippen LogP contribution in [0.15, 0.2) is 12.1 Å². The van der Waals surface area contributed by atoms with E-state index in [0.29, 0.717) is 5.56 Å². The van der Waals surface area contributed by atoms with Gasteiger partial charge in [0.1, 0.15) is 5.82 Å². The largest absolute Gasteiger partial charge is 0.271 e. The summed E-state index contributed by atoms with van der Waals surface area (Å²) >= 11 is 1.54. The van der Waals surface area contributed by atoms with Gasteiger partial charge in [0.05, 0.1) is 21.6 Å². The number of hydrogen-bond donors (Lipinski definition) is 2. The molecule has 5 heteroatoms. The first-order valence-corrected chi connectivity index (χ1v) is 6.92. The van der Waals surface area contributed by atoms with Crippen LogP contribution < -0.4 is 11.3 Å². The van der Waals surface area contributed by atoms with Crippen LogP contribution in [0.2, 0.25) is 0 Å². The van der Waals surface area contributed by atoms with E-state index >= 15 is 0 Å². The SMILES string of the molecule is Cc1cc(C)c(C(NN)c2sc(C)nc2C)c(F)c1. The summed E-state index contributed by atoms with van der Waals surface area (Å²) in [6.07, 6.45) is 0. The van der Waals surface area contributed by atoms with Gasteiger partial charge in [-0.05, 0) is 44.9 Å². The number of hydrazine groups is 1. The number of rotatable bonds is 3. The highest BCUT2D eigenvalue weighted by atomic mass is 32.1. The Kier molecular flexibility index (Phi) is 3.99. The molecule has 1 heterocycles. The molecular formula is C14H18FN3S. The number of benzene rings is 1. The molecule has 0 spiro atoms. The first-order chi connectivity index (χ1) is 8.93. The van der Waals surface area contributed by atoms with Crippen LogP contribution in [0.25, 0.3) is 0 Å². The molecule has 0 saturated carbocycles. The number of aromatic nitrogens is 1. The smallest absolute Gasteiger partial charge is 0.128 e. The van der Waals surface area contributed by atoms with Gasteiger partial charge in [0, 0.05) is 5.56 Å². The summed E-state index contributed by atoms with van der Waals surface area (Å²) in [6.45, 7) is 7.64. The lowest BCUT2D eigenvalue weighted by Gasteiger charge is -2.19. The minimum atomic E-state index is -0.355. The van der Waals surface area contributed by atoms with Crippen LogP contribution in [0.1, 0.15) is 38.3 Å². The molecule has 0 fully saturated rings. The van der Waals surface area contributed by atoms with Crippen molar-refractivity contribution in [2.75, 3.05) is 0 Å². The van der Waals surface area contributed by atoms with Crippen LogP contribution in [-0.4, -0.2) is 4.98 Å². The number of nitrogens with one attached hydrogen (secondary N) is 1. The van der Waals surface area contributed by atoms with Crippen LogP contribution in [0.4, 0.5) is 4.39 Å². The van der Waals surface area contributed by atoms with E-state index in [1.54, 1.807) is 11.3 Å². The molecule has 1 atom stereocenters. The third kappa shape index (κ3) is 2.68. The van der Waals surface area contributed by atoms with Crippen molar-refractivity contribution < 1.29 is 4.39 Å². The van der Waals surface area contributed by atoms with E-state index in [4.69, 9.17) is 5.84 Å². The predicted molar refractivity (Wildman–Crippen MR) is 76.6 cm³/mol. The van der Waals surface area contributed by atoms with Crippen molar-refractivity contribution in [3.8, 4) is 0 Å². The van der Waals surface area contributed by atoms with E-state index in [-0.39, 0.29) is 11.9 Å². The van der Waals surface area contributed by atoms with E-state index in [0.717, 1.165) is 26.7 Å². The Bertz CT molecular complexity index is 584. The molecule has 3 nitrogen and oxygen atoms in total. The van der Waals surface area contributed by atoms with Gasteiger partial charge in [-0.25, -0.2) is 14.8 Å². The summed E-state index contributed by atoms with van der Waals surface area (Å²) < 4.78 is 14.3. The van der Waals surface area contributed by atoms with Crippen molar-refractivity contribution >= 4 is 11.3 Å². The highest BCUT2D eigenvalue weighted by molar-refractivity contribution is 7.11. The highest BCUT2D eigenvalue weighted by Gasteiger charge is 2.23. The van der Waals surface area contributed by atoms with Gasteiger partial charge in [0.25, 0.3) is 0 Å². The molecule has 0 aliphatic heterocycles. The summed E-state index contributed by atoms with van der Waals surface area (Å²) in [4.78, 5) is 5.35. The normalized spacial score (nSPS) is 12.7. The van der Waals surface area contributed by atoms with Crippen molar-refractivity contribution in [1.82, 2.24) is 10.4 Å². The second-order valence-corrected chi connectivity index (χ2v) is 5.99. The maximum atomic E-state index is 14.3. The Labute approximate surface area is 116 Å². The number of nitrogens with two attached hydrogens (primary N) is 1. The fourth-order valence-electron chi connectivity index (χ4n) is 2.40. The van der Waals surface area contributed by atoms with Crippen LogP contribution in [0.5, 0.6) is 0 Å². The van der Waals surface area contributed by atoms with Crippen molar-refractivity contribution in [2.24, 2.45) is 5.84 Å². The zero-order valence-electron chi connectivity index (χ0n) is 11.5. The Morgan fingerprint density at radius 3 is 2.42 bits per heavy atom. The molecule has 0 aliphatic carbocycles. The number of thiazole rings is 1. The van der Waals surface area contributed by atoms with Crippen molar-refractivity contribution in [3.05, 3.63) is 50.2 Å². The van der Waals surface area contributed by atoms with Crippen LogP contribution in [0.3, 0.4) is 0 Å². The number of nitrogens with zero attached hydrogens (tertiary/aromatic N) is 1. The molecule has 2 aromatic rings. The highest BCUT2D eigenvalue weighted by Crippen LogP contribution is 2.33. The maximum absolute atomic E-state index is 14.3. The van der Waals surface area contributed by atoms with Gasteiger partial charge >= 0.3 is 0 Å². The Hall–Kier alpha value is -1.30. The minimum Gasteiger partial charge on any atom is -0.271 e.